The highest BCUT2D eigenvalue weighted by atomic mass is 31.3. The minimum atomic E-state index is -6.20. The van der Waals surface area contributed by atoms with Crippen LogP contribution in [0.1, 0.15) is 18.7 Å². The van der Waals surface area contributed by atoms with Gasteiger partial charge in [0.15, 0.2) is 41.4 Å². The van der Waals surface area contributed by atoms with E-state index in [9.17, 15) is 67.8 Å². The minimum Gasteiger partial charge on any atom is -0.387 e. The first-order valence-electron chi connectivity index (χ1n) is 21.2. The van der Waals surface area contributed by atoms with Gasteiger partial charge >= 0.3 is 36.9 Å². The van der Waals surface area contributed by atoms with Gasteiger partial charge in [0.25, 0.3) is 17.1 Å². The Balaban J connectivity index is 0.862. The highest BCUT2D eigenvalue weighted by Gasteiger charge is 2.54. The van der Waals surface area contributed by atoms with Gasteiger partial charge in [-0.2, -0.15) is 13.6 Å². The molecule has 7 unspecified atom stereocenters. The highest BCUT2D eigenvalue weighted by molar-refractivity contribution is 7.66. The van der Waals surface area contributed by atoms with Crippen molar-refractivity contribution < 1.29 is 108 Å². The van der Waals surface area contributed by atoms with Crippen molar-refractivity contribution in [3.05, 3.63) is 46.0 Å². The number of nitrogens with one attached hydrogen (secondary N) is 2. The van der Waals surface area contributed by atoms with Crippen LogP contribution in [0.2, 0.25) is 0 Å². The number of anilines is 3. The quantitative estimate of drug-likeness (QED) is 0.0268. The van der Waals surface area contributed by atoms with Crippen LogP contribution in [0.4, 0.5) is 17.7 Å². The summed E-state index contributed by atoms with van der Waals surface area (Å²) in [5.41, 5.74) is 15.4. The minimum absolute atomic E-state index is 0.00606. The second-order valence-electron chi connectivity index (χ2n) is 16.5. The summed E-state index contributed by atoms with van der Waals surface area (Å²) in [6.45, 7) is -3.40. The molecule has 9 rings (SSSR count). The molecule has 0 amide bonds. The van der Waals surface area contributed by atoms with Crippen molar-refractivity contribution in [2.24, 2.45) is 7.05 Å². The van der Waals surface area contributed by atoms with Crippen LogP contribution in [-0.2, 0) is 71.0 Å². The zero-order valence-corrected chi connectivity index (χ0v) is 41.5. The number of rotatable bonds is 19. The Kier molecular flexibility index (Phi) is 14.8. The Morgan fingerprint density at radius 2 is 1.23 bits per heavy atom. The van der Waals surface area contributed by atoms with Gasteiger partial charge in [-0.1, -0.05) is 4.98 Å². The van der Waals surface area contributed by atoms with Crippen LogP contribution < -0.4 is 32.9 Å². The van der Waals surface area contributed by atoms with Gasteiger partial charge in [0.2, 0.25) is 17.7 Å². The molecule has 0 aliphatic carbocycles. The third-order valence-electron chi connectivity index (χ3n) is 11.6. The highest BCUT2D eigenvalue weighted by Crippen LogP contribution is 2.68. The van der Waals surface area contributed by atoms with E-state index >= 15 is 0 Å². The standard InChI is InChI=1S/C32H43N15O24P4/c1-44-9-47(25-15(44)27(53)43-32(35)41-25)29-19(51)17(49)11(67-29)4-64-73(56,57)70-75(60,61)71-74(58,59)65-5-12-20(21(62-2)30(68-12)45-7-38-13-22(33)36-6-37-23(13)45)69-72(54,55)63-3-10-16(48)18(50)28(66-10)46-8-39-14-24(46)40-31(34)42-26(14)52/h6-12,16-21,28-30,48-51H,3-5H2,1-2H3,(H11-,33,34,35,36,37,40,41,42,43,52,53,54,55,56,57,58,59,60,61)/p+1/t10-,11-,12-,16?,17?,18+,19+,20?,21+,28-,29-,30-/m1/s1. The summed E-state index contributed by atoms with van der Waals surface area (Å²) in [6, 6.07) is 0. The lowest BCUT2D eigenvalue weighted by atomic mass is 10.1. The van der Waals surface area contributed by atoms with Crippen LogP contribution in [0, 0.1) is 0 Å². The molecule has 0 aromatic carbocycles. The van der Waals surface area contributed by atoms with Gasteiger partial charge in [-0.3, -0.25) is 51.4 Å². The predicted octanol–water partition coefficient (Wildman–Crippen LogP) is -4.71. The Morgan fingerprint density at radius 1 is 0.667 bits per heavy atom. The molecule has 3 fully saturated rings. The molecule has 6 aromatic heterocycles. The van der Waals surface area contributed by atoms with Gasteiger partial charge in [-0.15, -0.1) is 0 Å². The van der Waals surface area contributed by atoms with Crippen molar-refractivity contribution >= 4 is 82.5 Å². The third-order valence-corrected chi connectivity index (χ3v) is 16.8. The summed E-state index contributed by atoms with van der Waals surface area (Å²) >= 11 is 0. The number of aromatic amines is 2. The lowest BCUT2D eigenvalue weighted by Gasteiger charge is -2.26. The predicted molar refractivity (Wildman–Crippen MR) is 239 cm³/mol. The summed E-state index contributed by atoms with van der Waals surface area (Å²) < 4.78 is 109. The maximum Gasteiger partial charge on any atom is 0.490 e. The van der Waals surface area contributed by atoms with Crippen LogP contribution in [0.25, 0.3) is 33.5 Å². The lowest BCUT2D eigenvalue weighted by molar-refractivity contribution is -0.745. The third kappa shape index (κ3) is 10.9. The molecule has 3 aliphatic rings. The van der Waals surface area contributed by atoms with E-state index in [2.05, 4.69) is 53.0 Å². The lowest BCUT2D eigenvalue weighted by Crippen LogP contribution is -2.46. The van der Waals surface area contributed by atoms with Gasteiger partial charge in [0, 0.05) is 7.11 Å². The fourth-order valence-corrected chi connectivity index (χ4v) is 12.8. The fourth-order valence-electron chi connectivity index (χ4n) is 8.29. The number of aryl methyl sites for hydroxylation is 1. The molecule has 43 heteroatoms. The molecular formula is C32H44N15O24P4+. The summed E-state index contributed by atoms with van der Waals surface area (Å²) in [4.78, 5) is 95.6. The number of fused-ring (bicyclic) bond motifs is 3. The normalized spacial score (nSPS) is 30.5. The molecule has 75 heavy (non-hydrogen) atoms. The van der Waals surface area contributed by atoms with Crippen LogP contribution in [-0.4, -0.2) is 175 Å². The van der Waals surface area contributed by atoms with Gasteiger partial charge in [0.05, 0.1) is 39.5 Å². The molecule has 0 bridgehead atoms. The first-order valence-corrected chi connectivity index (χ1v) is 27.1. The zero-order chi connectivity index (χ0) is 54.3. The Bertz CT molecular complexity index is 3470. The molecule has 410 valence electrons. The molecule has 0 spiro atoms. The average Bonchev–Trinajstić information content (AvgIpc) is 4.17. The smallest absolute Gasteiger partial charge is 0.387 e. The van der Waals surface area contributed by atoms with Crippen molar-refractivity contribution in [2.45, 2.75) is 73.6 Å². The summed E-state index contributed by atoms with van der Waals surface area (Å²) in [5.74, 6) is -0.716. The van der Waals surface area contributed by atoms with E-state index in [1.807, 2.05) is 0 Å². The number of hydrogen-bond acceptors (Lipinski definition) is 29. The first kappa shape index (κ1) is 54.6. The Labute approximate surface area is 414 Å². The number of nitrogen functional groups attached to an aromatic ring is 3. The van der Waals surface area contributed by atoms with Gasteiger partial charge in [0.1, 0.15) is 66.8 Å². The molecule has 6 aromatic rings. The number of nitrogens with two attached hydrogens (primary N) is 3. The van der Waals surface area contributed by atoms with Crippen molar-refractivity contribution in [3.63, 3.8) is 0 Å². The van der Waals surface area contributed by atoms with Gasteiger partial charge < -0.3 is 76.1 Å². The number of aromatic nitrogens is 12. The number of nitrogens with zero attached hydrogens (tertiary/aromatic N) is 10. The van der Waals surface area contributed by atoms with Crippen molar-refractivity contribution in [1.82, 2.24) is 53.6 Å². The zero-order valence-electron chi connectivity index (χ0n) is 38.0. The molecule has 39 nitrogen and oxygen atoms in total. The number of H-pyrrole nitrogens is 2. The Hall–Kier alpha value is -5.15. The number of hydrogen-bond donors (Lipinski definition) is 13. The molecule has 9 heterocycles. The van der Waals surface area contributed by atoms with Crippen molar-refractivity contribution in [2.75, 3.05) is 44.1 Å². The molecule has 3 aliphatic heterocycles. The van der Waals surface area contributed by atoms with Crippen LogP contribution in [0.15, 0.2) is 34.9 Å². The molecular weight excluding hydrogens is 1100 g/mol. The second-order valence-corrected chi connectivity index (χ2v) is 22.5. The van der Waals surface area contributed by atoms with E-state index < -0.39 is 136 Å². The Morgan fingerprint density at radius 3 is 1.89 bits per heavy atom. The van der Waals surface area contributed by atoms with E-state index in [4.69, 9.17) is 49.7 Å². The van der Waals surface area contributed by atoms with E-state index in [1.165, 1.54) is 22.5 Å². The number of phosphoric ester groups is 3. The summed E-state index contributed by atoms with van der Waals surface area (Å²) in [5, 5.41) is 43.2. The molecule has 0 saturated carbocycles. The van der Waals surface area contributed by atoms with Crippen LogP contribution in [0.5, 0.6) is 0 Å². The SMILES string of the molecule is CO[C@H]1C(OP(=O)(O)OC[C@H]2O[C@@H](n3cnc4c(=O)[nH]c(N)nc43)[C@@H](O)C2O)[C@@H](COP(=O)(O)OP(=O)(O)OP(=O)(O)OC[C@H]2O[C@@H]([n+]3cn(C)c4c(=O)[nH]c(N)nc43)[C@@H](O)C2O)O[C@H]1n1cnc2c(N)ncnc21. The number of aliphatic hydroxyl groups is 4. The second kappa shape index (κ2) is 20.3. The molecule has 16 atom stereocenters. The van der Waals surface area contributed by atoms with E-state index in [0.29, 0.717) is 0 Å². The first-order chi connectivity index (χ1) is 35.2. The molecule has 3 saturated heterocycles. The number of aliphatic hydroxyl groups excluding tert-OH is 4. The van der Waals surface area contributed by atoms with Crippen LogP contribution >= 0.6 is 31.3 Å². The average molecular weight is 1150 g/mol. The van der Waals surface area contributed by atoms with Crippen molar-refractivity contribution in [1.29, 1.82) is 0 Å². The molecule has 16 N–H and O–H groups in total. The van der Waals surface area contributed by atoms with Gasteiger partial charge in [-0.25, -0.2) is 42.8 Å². The monoisotopic (exact) mass is 1150 g/mol. The van der Waals surface area contributed by atoms with Crippen LogP contribution in [0.3, 0.4) is 0 Å². The maximum absolute atomic E-state index is 13.7. The maximum atomic E-state index is 13.7. The summed E-state index contributed by atoms with van der Waals surface area (Å²) in [7, 11) is -20.9. The number of imidazole rings is 3. The number of methoxy groups -OCH3 is 1. The van der Waals surface area contributed by atoms with E-state index in [1.54, 1.807) is 0 Å². The number of ether oxygens (including phenoxy) is 4. The fraction of sp³-hybridized carbons (Fsp3) is 0.531. The van der Waals surface area contributed by atoms with E-state index in [-0.39, 0.29) is 51.2 Å². The molecule has 0 radical (unpaired) electrons. The van der Waals surface area contributed by atoms with E-state index in [0.717, 1.165) is 35.2 Å². The topological polar surface area (TPSA) is 562 Å². The van der Waals surface area contributed by atoms with Gasteiger partial charge in [-0.05, 0) is 0 Å². The summed E-state index contributed by atoms with van der Waals surface area (Å²) in [6.07, 6.45) is -15.8. The number of phosphoric acid groups is 4. The van der Waals surface area contributed by atoms with Crippen molar-refractivity contribution in [3.8, 4) is 0 Å². The largest absolute Gasteiger partial charge is 0.490 e.